The molecule has 27 heavy (non-hydrogen) atoms. The van der Waals surface area contributed by atoms with Crippen molar-refractivity contribution in [3.8, 4) is 0 Å². The number of para-hydroxylation sites is 1. The maximum absolute atomic E-state index is 13.0. The number of ether oxygens (including phenoxy) is 1. The molecule has 2 heterocycles. The van der Waals surface area contributed by atoms with Crippen LogP contribution in [0.2, 0.25) is 0 Å². The number of fused-ring (bicyclic) bond motifs is 4. The number of nitrogens with one attached hydrogen (secondary N) is 1. The SMILES string of the molecule is O=C(Nc1ccc2c(c1)oc1ccccc12)[C@H]1[C@H]2C[C@H]3[C@H](OC(=O)[C@@H]31)[C@@H]2Br. The Balaban J connectivity index is 1.32. The number of alkyl halides is 1. The van der Waals surface area contributed by atoms with Gasteiger partial charge in [0.15, 0.2) is 0 Å². The number of carbonyl (C=O) groups is 2. The molecular weight excluding hydrogens is 410 g/mol. The molecule has 1 saturated heterocycles. The third-order valence-electron chi connectivity index (χ3n) is 6.47. The van der Waals surface area contributed by atoms with Gasteiger partial charge in [0.05, 0.1) is 16.7 Å². The molecule has 3 aromatic rings. The van der Waals surface area contributed by atoms with E-state index in [0.29, 0.717) is 5.69 Å². The van der Waals surface area contributed by atoms with Gasteiger partial charge in [0.1, 0.15) is 17.3 Å². The lowest BCUT2D eigenvalue weighted by Gasteiger charge is -2.27. The van der Waals surface area contributed by atoms with Gasteiger partial charge in [-0.15, -0.1) is 0 Å². The minimum Gasteiger partial charge on any atom is -0.461 e. The Morgan fingerprint density at radius 3 is 2.78 bits per heavy atom. The van der Waals surface area contributed by atoms with Crippen molar-refractivity contribution in [3.63, 3.8) is 0 Å². The summed E-state index contributed by atoms with van der Waals surface area (Å²) in [7, 11) is 0. The fourth-order valence-electron chi connectivity index (χ4n) is 5.36. The highest BCUT2D eigenvalue weighted by molar-refractivity contribution is 9.09. The average Bonchev–Trinajstić information content (AvgIpc) is 3.36. The van der Waals surface area contributed by atoms with Crippen LogP contribution in [0.3, 0.4) is 0 Å². The smallest absolute Gasteiger partial charge is 0.310 e. The van der Waals surface area contributed by atoms with Gasteiger partial charge in [-0.2, -0.15) is 0 Å². The van der Waals surface area contributed by atoms with E-state index in [-0.39, 0.29) is 46.5 Å². The minimum absolute atomic E-state index is 0.0663. The molecule has 6 rings (SSSR count). The van der Waals surface area contributed by atoms with Crippen LogP contribution in [0, 0.1) is 23.7 Å². The van der Waals surface area contributed by atoms with E-state index >= 15 is 0 Å². The van der Waals surface area contributed by atoms with E-state index in [9.17, 15) is 9.59 Å². The van der Waals surface area contributed by atoms with Crippen molar-refractivity contribution in [2.45, 2.75) is 17.4 Å². The first-order valence-electron chi connectivity index (χ1n) is 9.18. The second-order valence-electron chi connectivity index (χ2n) is 7.76. The Morgan fingerprint density at radius 1 is 1.07 bits per heavy atom. The van der Waals surface area contributed by atoms with Crippen LogP contribution < -0.4 is 5.32 Å². The van der Waals surface area contributed by atoms with Crippen molar-refractivity contribution in [1.29, 1.82) is 0 Å². The Hall–Kier alpha value is -2.34. The molecule has 3 fully saturated rings. The summed E-state index contributed by atoms with van der Waals surface area (Å²) in [5, 5.41) is 5.08. The monoisotopic (exact) mass is 425 g/mol. The highest BCUT2D eigenvalue weighted by Gasteiger charge is 2.67. The van der Waals surface area contributed by atoms with Crippen LogP contribution in [0.15, 0.2) is 46.9 Å². The molecule has 136 valence electrons. The molecule has 2 aromatic carbocycles. The van der Waals surface area contributed by atoms with Gasteiger partial charge in [-0.3, -0.25) is 9.59 Å². The Morgan fingerprint density at radius 2 is 1.89 bits per heavy atom. The molecule has 1 aliphatic heterocycles. The summed E-state index contributed by atoms with van der Waals surface area (Å²) in [6.07, 6.45) is 0.806. The number of carbonyl (C=O) groups excluding carboxylic acids is 2. The van der Waals surface area contributed by atoms with E-state index < -0.39 is 0 Å². The topological polar surface area (TPSA) is 68.5 Å². The first kappa shape index (κ1) is 15.7. The molecule has 6 atom stereocenters. The zero-order valence-electron chi connectivity index (χ0n) is 14.2. The van der Waals surface area contributed by atoms with Gasteiger partial charge in [0, 0.05) is 28.4 Å². The lowest BCUT2D eigenvalue weighted by Crippen LogP contribution is -2.40. The summed E-state index contributed by atoms with van der Waals surface area (Å²) >= 11 is 3.65. The van der Waals surface area contributed by atoms with Crippen molar-refractivity contribution >= 4 is 55.4 Å². The number of amides is 1. The molecular formula is C21H16BrNO4. The number of furan rings is 1. The van der Waals surface area contributed by atoms with Gasteiger partial charge in [-0.05, 0) is 30.5 Å². The maximum Gasteiger partial charge on any atom is 0.310 e. The molecule has 0 spiro atoms. The number of rotatable bonds is 2. The van der Waals surface area contributed by atoms with Gasteiger partial charge in [0.2, 0.25) is 5.91 Å². The molecule has 2 aliphatic carbocycles. The molecule has 6 heteroatoms. The molecule has 0 radical (unpaired) electrons. The van der Waals surface area contributed by atoms with Crippen LogP contribution in [-0.4, -0.2) is 22.8 Å². The van der Waals surface area contributed by atoms with E-state index in [4.69, 9.17) is 9.15 Å². The van der Waals surface area contributed by atoms with Crippen molar-refractivity contribution in [3.05, 3.63) is 42.5 Å². The minimum atomic E-state index is -0.336. The maximum atomic E-state index is 13.0. The molecule has 1 amide bonds. The number of hydrogen-bond acceptors (Lipinski definition) is 4. The Kier molecular flexibility index (Phi) is 3.11. The van der Waals surface area contributed by atoms with Crippen LogP contribution in [0.25, 0.3) is 21.9 Å². The summed E-state index contributed by atoms with van der Waals surface area (Å²) < 4.78 is 11.4. The number of hydrogen-bond donors (Lipinski definition) is 1. The Labute approximate surface area is 163 Å². The summed E-state index contributed by atoms with van der Waals surface area (Å²) in [5.41, 5.74) is 2.25. The summed E-state index contributed by atoms with van der Waals surface area (Å²) in [6, 6.07) is 13.6. The van der Waals surface area contributed by atoms with Crippen LogP contribution in [0.1, 0.15) is 6.42 Å². The van der Waals surface area contributed by atoms with Crippen molar-refractivity contribution < 1.29 is 18.7 Å². The fraction of sp³-hybridized carbons (Fsp3) is 0.333. The molecule has 1 N–H and O–H groups in total. The largest absolute Gasteiger partial charge is 0.461 e. The van der Waals surface area contributed by atoms with Gasteiger partial charge in [-0.1, -0.05) is 34.1 Å². The first-order valence-corrected chi connectivity index (χ1v) is 10.1. The molecule has 2 saturated carbocycles. The van der Waals surface area contributed by atoms with Crippen LogP contribution in [0.4, 0.5) is 5.69 Å². The van der Waals surface area contributed by atoms with Crippen LogP contribution in [-0.2, 0) is 14.3 Å². The summed E-state index contributed by atoms with van der Waals surface area (Å²) in [6.45, 7) is 0. The third-order valence-corrected chi connectivity index (χ3v) is 7.67. The van der Waals surface area contributed by atoms with Gasteiger partial charge in [-0.25, -0.2) is 0 Å². The number of benzene rings is 2. The molecule has 5 nitrogen and oxygen atoms in total. The summed E-state index contributed by atoms with van der Waals surface area (Å²) in [4.78, 5) is 25.3. The van der Waals surface area contributed by atoms with Gasteiger partial charge in [0.25, 0.3) is 0 Å². The van der Waals surface area contributed by atoms with E-state index in [2.05, 4.69) is 21.2 Å². The predicted molar refractivity (Wildman–Crippen MR) is 104 cm³/mol. The van der Waals surface area contributed by atoms with Crippen LogP contribution in [0.5, 0.6) is 0 Å². The molecule has 2 bridgehead atoms. The van der Waals surface area contributed by atoms with Crippen molar-refractivity contribution in [2.75, 3.05) is 5.32 Å². The van der Waals surface area contributed by atoms with E-state index in [1.54, 1.807) is 0 Å². The molecule has 0 unspecified atom stereocenters. The fourth-order valence-corrected chi connectivity index (χ4v) is 6.40. The third kappa shape index (κ3) is 2.05. The van der Waals surface area contributed by atoms with E-state index in [1.165, 1.54) is 0 Å². The standard InChI is InChI=1S/C21H16BrNO4/c22-18-12-8-13-17(21(25)27-19(13)18)16(12)20(24)23-9-5-6-11-10-3-1-2-4-14(10)26-15(11)7-9/h1-7,12-13,16-19H,8H2,(H,23,24)/t12-,13-,16+,17+,18-,19+/m1/s1. The molecule has 1 aromatic heterocycles. The number of esters is 1. The first-order chi connectivity index (χ1) is 13.1. The van der Waals surface area contributed by atoms with Gasteiger partial charge >= 0.3 is 5.97 Å². The zero-order chi connectivity index (χ0) is 18.3. The lowest BCUT2D eigenvalue weighted by molar-refractivity contribution is -0.145. The normalized spacial score (nSPS) is 33.7. The quantitative estimate of drug-likeness (QED) is 0.495. The highest BCUT2D eigenvalue weighted by Crippen LogP contribution is 2.60. The predicted octanol–water partition coefficient (Wildman–Crippen LogP) is 4.10. The average molecular weight is 426 g/mol. The van der Waals surface area contributed by atoms with Crippen molar-refractivity contribution in [2.24, 2.45) is 23.7 Å². The zero-order valence-corrected chi connectivity index (χ0v) is 15.8. The Bertz CT molecular complexity index is 1120. The second-order valence-corrected chi connectivity index (χ2v) is 8.82. The van der Waals surface area contributed by atoms with Crippen LogP contribution >= 0.6 is 15.9 Å². The second kappa shape index (κ2) is 5.35. The van der Waals surface area contributed by atoms with Gasteiger partial charge < -0.3 is 14.5 Å². The molecule has 3 aliphatic rings. The number of halogens is 1. The highest BCUT2D eigenvalue weighted by atomic mass is 79.9. The number of anilines is 1. The van der Waals surface area contributed by atoms with E-state index in [0.717, 1.165) is 28.4 Å². The van der Waals surface area contributed by atoms with E-state index in [1.807, 2.05) is 42.5 Å². The van der Waals surface area contributed by atoms with Crippen molar-refractivity contribution in [1.82, 2.24) is 0 Å². The lowest BCUT2D eigenvalue weighted by atomic mass is 9.79. The summed E-state index contributed by atoms with van der Waals surface area (Å²) in [5.74, 6) is -0.653.